The molecule has 4 atom stereocenters. The molecule has 0 spiro atoms. The van der Waals surface area contributed by atoms with Crippen molar-refractivity contribution >= 4 is 46.4 Å². The summed E-state index contributed by atoms with van der Waals surface area (Å²) in [6.45, 7) is 3.21. The largest absolute Gasteiger partial charge is 0.465 e. The average molecular weight is 736 g/mol. The lowest BCUT2D eigenvalue weighted by Gasteiger charge is -2.32. The molecule has 1 aliphatic heterocycles. The molecule has 1 aliphatic carbocycles. The number of unbranched alkanes of at least 4 members (excludes halogenated alkanes) is 1. The number of aromatic amines is 1. The van der Waals surface area contributed by atoms with Crippen LogP contribution in [0, 0.1) is 5.92 Å². The Morgan fingerprint density at radius 3 is 2.49 bits per heavy atom. The molecular weight excluding hydrogens is 686 g/mol. The number of ketones is 1. The maximum Gasteiger partial charge on any atom is 0.404 e. The molecule has 3 aromatic rings. The van der Waals surface area contributed by atoms with E-state index in [1.807, 2.05) is 12.1 Å². The molecule has 1 saturated heterocycles. The van der Waals surface area contributed by atoms with Gasteiger partial charge in [0, 0.05) is 36.8 Å². The summed E-state index contributed by atoms with van der Waals surface area (Å²) in [6, 6.07) is 3.01. The number of nitrogens with zero attached hydrogens (tertiary/aromatic N) is 4. The number of carbonyl (C=O) groups excluding carboxylic acids is 5. The lowest BCUT2D eigenvalue weighted by molar-refractivity contribution is -0.142. The summed E-state index contributed by atoms with van der Waals surface area (Å²) in [5, 5.41) is 36.6. The first kappa shape index (κ1) is 38.9. The van der Waals surface area contributed by atoms with Crippen molar-refractivity contribution in [2.45, 2.75) is 108 Å². The summed E-state index contributed by atoms with van der Waals surface area (Å²) in [5.41, 5.74) is 5.45. The van der Waals surface area contributed by atoms with E-state index in [9.17, 15) is 33.9 Å². The molecule has 5 amide bonds. The molecule has 2 unspecified atom stereocenters. The van der Waals surface area contributed by atoms with Gasteiger partial charge in [0.2, 0.25) is 17.6 Å². The van der Waals surface area contributed by atoms with E-state index < -0.39 is 65.3 Å². The zero-order valence-electron chi connectivity index (χ0n) is 30.0. The van der Waals surface area contributed by atoms with Crippen molar-refractivity contribution in [2.24, 2.45) is 11.7 Å². The van der Waals surface area contributed by atoms with Crippen molar-refractivity contribution in [3.63, 3.8) is 0 Å². The number of rotatable bonds is 16. The van der Waals surface area contributed by atoms with Gasteiger partial charge in [-0.15, -0.1) is 5.10 Å². The third-order valence-electron chi connectivity index (χ3n) is 10.2. The van der Waals surface area contributed by atoms with E-state index in [4.69, 9.17) is 10.8 Å². The molecule has 2 aromatic heterocycles. The van der Waals surface area contributed by atoms with Gasteiger partial charge >= 0.3 is 6.09 Å². The quantitative estimate of drug-likeness (QED) is 0.0830. The smallest absolute Gasteiger partial charge is 0.404 e. The maximum atomic E-state index is 14.7. The molecule has 0 bridgehead atoms. The normalized spacial score (nSPS) is 19.0. The molecule has 53 heavy (non-hydrogen) atoms. The summed E-state index contributed by atoms with van der Waals surface area (Å²) in [4.78, 5) is 82.7. The Morgan fingerprint density at radius 2 is 1.79 bits per heavy atom. The number of carboxylic acid groups (broad SMARTS) is 1. The number of fused-ring (bicyclic) bond motifs is 1. The number of likely N-dealkylation sites (tertiary alicyclic amines) is 1. The van der Waals surface area contributed by atoms with Crippen molar-refractivity contribution < 1.29 is 39.0 Å². The van der Waals surface area contributed by atoms with Crippen molar-refractivity contribution in [1.82, 2.24) is 40.8 Å². The molecule has 1 saturated carbocycles. The van der Waals surface area contributed by atoms with E-state index in [1.165, 1.54) is 15.8 Å². The summed E-state index contributed by atoms with van der Waals surface area (Å²) in [6.07, 6.45) is 7.86. The minimum Gasteiger partial charge on any atom is -0.465 e. The summed E-state index contributed by atoms with van der Waals surface area (Å²) >= 11 is 0. The Balaban J connectivity index is 1.43. The second-order valence-corrected chi connectivity index (χ2v) is 14.6. The first-order chi connectivity index (χ1) is 25.2. The van der Waals surface area contributed by atoms with Gasteiger partial charge in [-0.25, -0.2) is 9.48 Å². The highest BCUT2D eigenvalue weighted by Gasteiger charge is 2.45. The number of aliphatic hydroxyl groups is 1. The number of Topliss-reactive ketones (excluding diaryl/α,β-unsaturated/α-hetero) is 1. The van der Waals surface area contributed by atoms with Crippen LogP contribution in [-0.2, 0) is 24.8 Å². The minimum atomic E-state index is -1.36. The number of hydrogen-bond acceptors (Lipinski definition) is 9. The summed E-state index contributed by atoms with van der Waals surface area (Å²) in [7, 11) is 0. The number of amides is 5. The van der Waals surface area contributed by atoms with Crippen LogP contribution in [0.3, 0.4) is 0 Å². The molecular formula is C36H49N9O8. The molecule has 5 rings (SSSR count). The summed E-state index contributed by atoms with van der Waals surface area (Å²) < 4.78 is 1.48. The van der Waals surface area contributed by atoms with Crippen LogP contribution in [0.1, 0.15) is 100 Å². The fourth-order valence-corrected chi connectivity index (χ4v) is 7.42. The monoisotopic (exact) mass is 735 g/mol. The molecule has 17 heteroatoms. The number of hydrogen-bond donors (Lipinski definition) is 7. The molecule has 2 fully saturated rings. The van der Waals surface area contributed by atoms with Gasteiger partial charge < -0.3 is 41.8 Å². The highest BCUT2D eigenvalue weighted by molar-refractivity contribution is 6.37. The summed E-state index contributed by atoms with van der Waals surface area (Å²) in [5.74, 6) is -3.76. The predicted molar refractivity (Wildman–Crippen MR) is 191 cm³/mol. The standard InChI is InChI=1S/C36H49N9O8/c1-36(2,53)29-19-40-43-45(29)24-18-28(33(49)41-25(30(46)31(37)47)10-6-7-14-39-35(51)52)44(20-24)34(50)27(16-21-8-4-3-5-9-21)42-32(48)23-12-11-22-13-15-38-26(22)17-23/h11-13,15,17,19,21,24-25,27-28,38-39,53H,3-10,14,16,18,20H2,1-2H3,(H2,37,47)(H,41,49)(H,42,48)(H,51,52)/t24-,25?,27?,28-/m0/s1. The van der Waals surface area contributed by atoms with Crippen LogP contribution in [0.4, 0.5) is 4.79 Å². The first-order valence-corrected chi connectivity index (χ1v) is 18.1. The van der Waals surface area contributed by atoms with Gasteiger partial charge in [0.1, 0.15) is 17.7 Å². The number of benzene rings is 1. The molecule has 2 aliphatic rings. The molecule has 8 N–H and O–H groups in total. The van der Waals surface area contributed by atoms with Gasteiger partial charge in [0.15, 0.2) is 0 Å². The number of nitrogens with two attached hydrogens (primary N) is 1. The zero-order chi connectivity index (χ0) is 38.3. The SMILES string of the molecule is CC(C)(O)c1cnnn1[C@H]1C[C@@H](C(=O)NC(CCCCNC(=O)O)C(=O)C(N)=O)N(C(=O)C(CC2CCCCC2)NC(=O)c2ccc3cc[nH]c3c2)C1. The van der Waals surface area contributed by atoms with Crippen LogP contribution in [0.2, 0.25) is 0 Å². The first-order valence-electron chi connectivity index (χ1n) is 18.1. The van der Waals surface area contributed by atoms with Crippen molar-refractivity contribution in [3.8, 4) is 0 Å². The minimum absolute atomic E-state index is 0.00362. The second-order valence-electron chi connectivity index (χ2n) is 14.6. The lowest BCUT2D eigenvalue weighted by atomic mass is 9.84. The average Bonchev–Trinajstić information content (AvgIpc) is 3.90. The van der Waals surface area contributed by atoms with Gasteiger partial charge in [-0.1, -0.05) is 43.4 Å². The van der Waals surface area contributed by atoms with Crippen molar-refractivity contribution in [3.05, 3.63) is 47.9 Å². The Labute approximate surface area is 306 Å². The van der Waals surface area contributed by atoms with E-state index in [-0.39, 0.29) is 38.3 Å². The lowest BCUT2D eigenvalue weighted by Crippen LogP contribution is -2.56. The van der Waals surface area contributed by atoms with Crippen molar-refractivity contribution in [1.29, 1.82) is 0 Å². The molecule has 1 aromatic carbocycles. The number of primary amides is 1. The van der Waals surface area contributed by atoms with E-state index in [0.29, 0.717) is 24.1 Å². The number of H-pyrrole nitrogens is 1. The molecule has 17 nitrogen and oxygen atoms in total. The van der Waals surface area contributed by atoms with E-state index in [1.54, 1.807) is 32.2 Å². The fraction of sp³-hybridized carbons (Fsp3) is 0.556. The topological polar surface area (TPSA) is 255 Å². The Hall–Kier alpha value is -5.32. The number of aromatic nitrogens is 4. The maximum absolute atomic E-state index is 14.7. The van der Waals surface area contributed by atoms with E-state index >= 15 is 0 Å². The third-order valence-corrected chi connectivity index (χ3v) is 10.2. The van der Waals surface area contributed by atoms with Gasteiger partial charge in [0.05, 0.1) is 24.0 Å². The van der Waals surface area contributed by atoms with Crippen LogP contribution in [0.5, 0.6) is 0 Å². The zero-order valence-corrected chi connectivity index (χ0v) is 30.0. The van der Waals surface area contributed by atoms with Crippen molar-refractivity contribution in [2.75, 3.05) is 13.1 Å². The highest BCUT2D eigenvalue weighted by Crippen LogP contribution is 2.33. The molecule has 286 valence electrons. The van der Waals surface area contributed by atoms with Gasteiger partial charge in [-0.3, -0.25) is 24.0 Å². The number of nitrogens with one attached hydrogen (secondary N) is 4. The van der Waals surface area contributed by atoms with Crippen LogP contribution in [-0.4, -0.2) is 102 Å². The Morgan fingerprint density at radius 1 is 1.04 bits per heavy atom. The highest BCUT2D eigenvalue weighted by atomic mass is 16.4. The van der Waals surface area contributed by atoms with Crippen LogP contribution in [0.15, 0.2) is 36.7 Å². The Kier molecular flexibility index (Phi) is 12.5. The van der Waals surface area contributed by atoms with E-state index in [0.717, 1.165) is 43.0 Å². The van der Waals surface area contributed by atoms with E-state index in [2.05, 4.69) is 31.2 Å². The van der Waals surface area contributed by atoms with Gasteiger partial charge in [0.25, 0.3) is 11.8 Å². The third kappa shape index (κ3) is 9.77. The van der Waals surface area contributed by atoms with Crippen LogP contribution >= 0.6 is 0 Å². The van der Waals surface area contributed by atoms with Crippen LogP contribution in [0.25, 0.3) is 10.9 Å². The Bertz CT molecular complexity index is 1810. The predicted octanol–water partition coefficient (Wildman–Crippen LogP) is 1.87. The van der Waals surface area contributed by atoms with Gasteiger partial charge in [-0.05, 0) is 69.0 Å². The molecule has 3 heterocycles. The van der Waals surface area contributed by atoms with Crippen LogP contribution < -0.4 is 21.7 Å². The second kappa shape index (κ2) is 17.0. The molecule has 0 radical (unpaired) electrons. The van der Waals surface area contributed by atoms with Gasteiger partial charge in [-0.2, -0.15) is 0 Å². The number of carbonyl (C=O) groups is 6. The fourth-order valence-electron chi connectivity index (χ4n) is 7.42.